The van der Waals surface area contributed by atoms with Crippen molar-refractivity contribution < 1.29 is 9.59 Å². The molecular weight excluding hydrogens is 320 g/mol. The fourth-order valence-corrected chi connectivity index (χ4v) is 3.10. The first-order chi connectivity index (χ1) is 11.6. The molecule has 3 rings (SSSR count). The summed E-state index contributed by atoms with van der Waals surface area (Å²) in [6, 6.07) is 16.1. The molecule has 0 radical (unpaired) electrons. The maximum Gasteiger partial charge on any atom is 0.256 e. The van der Waals surface area contributed by atoms with Crippen LogP contribution in [0.1, 0.15) is 26.3 Å². The lowest BCUT2D eigenvalue weighted by Gasteiger charge is -2.12. The van der Waals surface area contributed by atoms with Crippen LogP contribution < -0.4 is 10.6 Å². The predicted octanol–water partition coefficient (Wildman–Crippen LogP) is 4.56. The van der Waals surface area contributed by atoms with E-state index in [2.05, 4.69) is 10.6 Å². The maximum absolute atomic E-state index is 12.4. The first-order valence-electron chi connectivity index (χ1n) is 7.45. The second kappa shape index (κ2) is 7.10. The number of carbonyl (C=O) groups is 2. The zero-order valence-corrected chi connectivity index (χ0v) is 13.9. The van der Waals surface area contributed by atoms with Crippen molar-refractivity contribution in [1.82, 2.24) is 0 Å². The average molecular weight is 336 g/mol. The minimum atomic E-state index is -0.219. The zero-order chi connectivity index (χ0) is 16.9. The molecule has 0 bridgehead atoms. The van der Waals surface area contributed by atoms with Gasteiger partial charge in [0.2, 0.25) is 0 Å². The summed E-state index contributed by atoms with van der Waals surface area (Å²) in [6.45, 7) is 1.90. The van der Waals surface area contributed by atoms with Crippen molar-refractivity contribution in [2.45, 2.75) is 6.92 Å². The molecule has 3 aromatic rings. The molecule has 0 aliphatic carbocycles. The Bertz CT molecular complexity index is 872. The van der Waals surface area contributed by atoms with Gasteiger partial charge in [-0.1, -0.05) is 30.3 Å². The number of benzene rings is 2. The van der Waals surface area contributed by atoms with Gasteiger partial charge in [-0.05, 0) is 42.1 Å². The van der Waals surface area contributed by atoms with E-state index in [1.54, 1.807) is 24.3 Å². The zero-order valence-electron chi connectivity index (χ0n) is 13.1. The van der Waals surface area contributed by atoms with Gasteiger partial charge in [-0.25, -0.2) is 0 Å². The molecule has 0 atom stereocenters. The van der Waals surface area contributed by atoms with E-state index < -0.39 is 0 Å². The van der Waals surface area contributed by atoms with Gasteiger partial charge in [-0.15, -0.1) is 0 Å². The number of para-hydroxylation sites is 2. The van der Waals surface area contributed by atoms with Gasteiger partial charge in [0, 0.05) is 10.9 Å². The largest absolute Gasteiger partial charge is 0.320 e. The van der Waals surface area contributed by atoms with E-state index in [0.29, 0.717) is 22.5 Å². The molecular formula is C19H16N2O2S. The van der Waals surface area contributed by atoms with Gasteiger partial charge in [-0.2, -0.15) is 11.3 Å². The molecule has 0 saturated carbocycles. The lowest BCUT2D eigenvalue weighted by Crippen LogP contribution is -2.16. The summed E-state index contributed by atoms with van der Waals surface area (Å²) in [5.74, 6) is -0.404. The van der Waals surface area contributed by atoms with Crippen LogP contribution in [0.15, 0.2) is 65.4 Å². The summed E-state index contributed by atoms with van der Waals surface area (Å²) in [5.41, 5.74) is 3.27. The first kappa shape index (κ1) is 16.0. The third-order valence-electron chi connectivity index (χ3n) is 3.56. The summed E-state index contributed by atoms with van der Waals surface area (Å²) >= 11 is 1.49. The van der Waals surface area contributed by atoms with Crippen LogP contribution in [0.25, 0.3) is 0 Å². The van der Waals surface area contributed by atoms with Gasteiger partial charge in [0.05, 0.1) is 16.9 Å². The number of hydrogen-bond acceptors (Lipinski definition) is 3. The second-order valence-electron chi connectivity index (χ2n) is 5.29. The Morgan fingerprint density at radius 1 is 0.792 bits per heavy atom. The standard InChI is InChI=1S/C19H16N2O2S/c1-13-11-24-12-15(13)19(23)21-17-10-6-5-9-16(17)20-18(22)14-7-3-2-4-8-14/h2-12H,1H3,(H,20,22)(H,21,23). The predicted molar refractivity (Wildman–Crippen MR) is 97.8 cm³/mol. The average Bonchev–Trinajstić information content (AvgIpc) is 3.03. The molecule has 0 unspecified atom stereocenters. The highest BCUT2D eigenvalue weighted by Crippen LogP contribution is 2.23. The number of anilines is 2. The summed E-state index contributed by atoms with van der Waals surface area (Å²) < 4.78 is 0. The first-order valence-corrected chi connectivity index (χ1v) is 8.39. The van der Waals surface area contributed by atoms with E-state index in [0.717, 1.165) is 5.56 Å². The van der Waals surface area contributed by atoms with Crippen molar-refractivity contribution in [1.29, 1.82) is 0 Å². The summed E-state index contributed by atoms with van der Waals surface area (Å²) in [6.07, 6.45) is 0. The summed E-state index contributed by atoms with van der Waals surface area (Å²) in [5, 5.41) is 9.45. The minimum absolute atomic E-state index is 0.185. The van der Waals surface area contributed by atoms with Crippen LogP contribution in [0.5, 0.6) is 0 Å². The van der Waals surface area contributed by atoms with Crippen molar-refractivity contribution >= 4 is 34.5 Å². The van der Waals surface area contributed by atoms with E-state index in [4.69, 9.17) is 0 Å². The number of carbonyl (C=O) groups excluding carboxylic acids is 2. The minimum Gasteiger partial charge on any atom is -0.320 e. The van der Waals surface area contributed by atoms with Crippen LogP contribution in [-0.2, 0) is 0 Å². The van der Waals surface area contributed by atoms with Crippen molar-refractivity contribution in [2.75, 3.05) is 10.6 Å². The smallest absolute Gasteiger partial charge is 0.256 e. The highest BCUT2D eigenvalue weighted by Gasteiger charge is 2.13. The Balaban J connectivity index is 1.80. The van der Waals surface area contributed by atoms with Crippen molar-refractivity contribution in [3.63, 3.8) is 0 Å². The molecule has 24 heavy (non-hydrogen) atoms. The summed E-state index contributed by atoms with van der Waals surface area (Å²) in [7, 11) is 0. The van der Waals surface area contributed by atoms with Crippen molar-refractivity contribution in [3.8, 4) is 0 Å². The SMILES string of the molecule is Cc1cscc1C(=O)Nc1ccccc1NC(=O)c1ccccc1. The molecule has 0 saturated heterocycles. The van der Waals surface area contributed by atoms with Gasteiger partial charge in [-0.3, -0.25) is 9.59 Å². The molecule has 2 amide bonds. The highest BCUT2D eigenvalue weighted by atomic mass is 32.1. The van der Waals surface area contributed by atoms with Crippen molar-refractivity contribution in [2.24, 2.45) is 0 Å². The number of nitrogens with one attached hydrogen (secondary N) is 2. The van der Waals surface area contributed by atoms with Gasteiger partial charge < -0.3 is 10.6 Å². The van der Waals surface area contributed by atoms with Gasteiger partial charge in [0.1, 0.15) is 0 Å². The van der Waals surface area contributed by atoms with E-state index in [1.807, 2.05) is 48.0 Å². The Hall–Kier alpha value is -2.92. The summed E-state index contributed by atoms with van der Waals surface area (Å²) in [4.78, 5) is 24.7. The normalized spacial score (nSPS) is 10.2. The molecule has 0 spiro atoms. The van der Waals surface area contributed by atoms with Crippen LogP contribution in [0.2, 0.25) is 0 Å². The number of thiophene rings is 1. The fourth-order valence-electron chi connectivity index (χ4n) is 2.27. The number of rotatable bonds is 4. The van der Waals surface area contributed by atoms with Crippen LogP contribution >= 0.6 is 11.3 Å². The molecule has 0 aliphatic rings. The van der Waals surface area contributed by atoms with E-state index in [-0.39, 0.29) is 11.8 Å². The van der Waals surface area contributed by atoms with Crippen LogP contribution in [0, 0.1) is 6.92 Å². The quantitative estimate of drug-likeness (QED) is 0.734. The Kier molecular flexibility index (Phi) is 4.72. The molecule has 2 N–H and O–H groups in total. The highest BCUT2D eigenvalue weighted by molar-refractivity contribution is 7.08. The molecule has 2 aromatic carbocycles. The van der Waals surface area contributed by atoms with Gasteiger partial charge >= 0.3 is 0 Å². The number of aryl methyl sites for hydroxylation is 1. The van der Waals surface area contributed by atoms with Crippen molar-refractivity contribution in [3.05, 3.63) is 82.0 Å². The Morgan fingerprint density at radius 2 is 1.38 bits per heavy atom. The number of hydrogen-bond donors (Lipinski definition) is 2. The Morgan fingerprint density at radius 3 is 1.96 bits per heavy atom. The molecule has 120 valence electrons. The fraction of sp³-hybridized carbons (Fsp3) is 0.0526. The van der Waals surface area contributed by atoms with Gasteiger partial charge in [0.25, 0.3) is 11.8 Å². The third kappa shape index (κ3) is 3.52. The molecule has 0 fully saturated rings. The van der Waals surface area contributed by atoms with Gasteiger partial charge in [0.15, 0.2) is 0 Å². The van der Waals surface area contributed by atoms with E-state index in [1.165, 1.54) is 11.3 Å². The van der Waals surface area contributed by atoms with E-state index in [9.17, 15) is 9.59 Å². The molecule has 5 heteroatoms. The topological polar surface area (TPSA) is 58.2 Å². The lowest BCUT2D eigenvalue weighted by molar-refractivity contribution is 0.101. The molecule has 4 nitrogen and oxygen atoms in total. The molecule has 0 aliphatic heterocycles. The third-order valence-corrected chi connectivity index (χ3v) is 4.42. The van der Waals surface area contributed by atoms with Crippen LogP contribution in [-0.4, -0.2) is 11.8 Å². The molecule has 1 heterocycles. The van der Waals surface area contributed by atoms with Crippen LogP contribution in [0.3, 0.4) is 0 Å². The Labute approximate surface area is 144 Å². The molecule has 1 aromatic heterocycles. The van der Waals surface area contributed by atoms with E-state index >= 15 is 0 Å². The van der Waals surface area contributed by atoms with Crippen LogP contribution in [0.4, 0.5) is 11.4 Å². The maximum atomic E-state index is 12.4. The number of amides is 2. The lowest BCUT2D eigenvalue weighted by atomic mass is 10.2. The second-order valence-corrected chi connectivity index (χ2v) is 6.03. The monoisotopic (exact) mass is 336 g/mol.